The molecule has 4 nitrogen and oxygen atoms in total. The summed E-state index contributed by atoms with van der Waals surface area (Å²) in [5.41, 5.74) is 0.884. The second kappa shape index (κ2) is 3.51. The second-order valence-electron chi connectivity index (χ2n) is 3.15. The fourth-order valence-corrected chi connectivity index (χ4v) is 3.28. The van der Waals surface area contributed by atoms with Crippen molar-refractivity contribution in [3.8, 4) is 0 Å². The van der Waals surface area contributed by atoms with E-state index in [1.165, 1.54) is 4.90 Å². The third kappa shape index (κ3) is 1.33. The summed E-state index contributed by atoms with van der Waals surface area (Å²) in [6, 6.07) is 0. The molecule has 1 saturated heterocycles. The number of thiol groups is 1. The highest BCUT2D eigenvalue weighted by Gasteiger charge is 2.44. The Balaban J connectivity index is 2.37. The first-order chi connectivity index (χ1) is 6.65. The largest absolute Gasteiger partial charge is 0.477 e. The fraction of sp³-hybridized carbons (Fsp3) is 0.500. The number of carbonyl (C=O) groups excluding carboxylic acids is 1. The van der Waals surface area contributed by atoms with E-state index in [1.54, 1.807) is 11.8 Å². The maximum absolute atomic E-state index is 11.2. The van der Waals surface area contributed by atoms with Gasteiger partial charge in [-0.05, 0) is 5.57 Å². The molecule has 2 aliphatic heterocycles. The van der Waals surface area contributed by atoms with Crippen LogP contribution in [0.5, 0.6) is 0 Å². The Bertz CT molecular complexity index is 339. The summed E-state index contributed by atoms with van der Waals surface area (Å²) in [5.74, 6) is -0.0590. The van der Waals surface area contributed by atoms with Gasteiger partial charge in [-0.3, -0.25) is 9.69 Å². The molecular formula is C8H9NO3S2. The van der Waals surface area contributed by atoms with Crippen LogP contribution in [0.25, 0.3) is 0 Å². The first-order valence-electron chi connectivity index (χ1n) is 4.15. The molecule has 2 aliphatic rings. The zero-order valence-electron chi connectivity index (χ0n) is 7.27. The molecule has 1 amide bonds. The summed E-state index contributed by atoms with van der Waals surface area (Å²) < 4.78 is 0. The van der Waals surface area contributed by atoms with Crippen LogP contribution in [0.1, 0.15) is 6.42 Å². The topological polar surface area (TPSA) is 57.6 Å². The van der Waals surface area contributed by atoms with Crippen LogP contribution < -0.4 is 0 Å². The Kier molecular flexibility index (Phi) is 2.48. The van der Waals surface area contributed by atoms with E-state index in [4.69, 9.17) is 5.11 Å². The molecule has 0 bridgehead atoms. The SMILES string of the molecule is O=C(O)C1=C(CS)CSC2CC(=O)N12. The average molecular weight is 231 g/mol. The van der Waals surface area contributed by atoms with Crippen molar-refractivity contribution < 1.29 is 14.7 Å². The van der Waals surface area contributed by atoms with Gasteiger partial charge in [0.1, 0.15) is 5.70 Å². The van der Waals surface area contributed by atoms with Gasteiger partial charge in [-0.1, -0.05) is 0 Å². The Morgan fingerprint density at radius 2 is 2.43 bits per heavy atom. The van der Waals surface area contributed by atoms with Crippen molar-refractivity contribution in [2.45, 2.75) is 11.8 Å². The summed E-state index contributed by atoms with van der Waals surface area (Å²) in [6.45, 7) is 0. The molecule has 1 N–H and O–H groups in total. The van der Waals surface area contributed by atoms with Crippen LogP contribution in [0, 0.1) is 0 Å². The molecule has 2 heterocycles. The van der Waals surface area contributed by atoms with Gasteiger partial charge in [0.25, 0.3) is 0 Å². The minimum absolute atomic E-state index is 0.0391. The van der Waals surface area contributed by atoms with Gasteiger partial charge in [0.15, 0.2) is 0 Å². The molecule has 6 heteroatoms. The van der Waals surface area contributed by atoms with Crippen molar-refractivity contribution in [3.63, 3.8) is 0 Å². The van der Waals surface area contributed by atoms with Crippen LogP contribution in [0.3, 0.4) is 0 Å². The van der Waals surface area contributed by atoms with E-state index in [0.29, 0.717) is 17.9 Å². The zero-order valence-corrected chi connectivity index (χ0v) is 8.98. The number of thioether (sulfide) groups is 1. The molecule has 14 heavy (non-hydrogen) atoms. The number of carbonyl (C=O) groups is 2. The fourth-order valence-electron chi connectivity index (χ4n) is 1.60. The van der Waals surface area contributed by atoms with Crippen molar-refractivity contribution in [1.29, 1.82) is 0 Å². The van der Waals surface area contributed by atoms with Gasteiger partial charge in [-0.15, -0.1) is 11.8 Å². The molecule has 2 rings (SSSR count). The van der Waals surface area contributed by atoms with Crippen molar-refractivity contribution in [3.05, 3.63) is 11.3 Å². The first kappa shape index (κ1) is 9.92. The van der Waals surface area contributed by atoms with E-state index in [9.17, 15) is 9.59 Å². The number of hydrogen-bond acceptors (Lipinski definition) is 4. The van der Waals surface area contributed by atoms with Crippen molar-refractivity contribution in [2.24, 2.45) is 0 Å². The average Bonchev–Trinajstić information content (AvgIpc) is 2.15. The van der Waals surface area contributed by atoms with Gasteiger partial charge < -0.3 is 5.11 Å². The lowest BCUT2D eigenvalue weighted by atomic mass is 10.1. The van der Waals surface area contributed by atoms with Crippen LogP contribution in [-0.4, -0.2) is 38.8 Å². The molecule has 76 valence electrons. The molecule has 1 fully saturated rings. The lowest BCUT2D eigenvalue weighted by Crippen LogP contribution is -2.54. The monoisotopic (exact) mass is 231 g/mol. The van der Waals surface area contributed by atoms with Crippen LogP contribution in [0.15, 0.2) is 11.3 Å². The number of fused-ring (bicyclic) bond motifs is 1. The van der Waals surface area contributed by atoms with Crippen molar-refractivity contribution in [2.75, 3.05) is 11.5 Å². The van der Waals surface area contributed by atoms with Crippen molar-refractivity contribution in [1.82, 2.24) is 4.90 Å². The normalized spacial score (nSPS) is 25.9. The molecule has 0 aromatic heterocycles. The van der Waals surface area contributed by atoms with Crippen LogP contribution in [0.2, 0.25) is 0 Å². The molecule has 0 aliphatic carbocycles. The number of carboxylic acids is 1. The summed E-state index contributed by atoms with van der Waals surface area (Å²) in [6.07, 6.45) is 0.460. The standard InChI is InChI=1S/C8H9NO3S2/c10-5-1-6-9(5)7(8(11)12)4(2-13)3-14-6/h6,13H,1-3H2,(H,11,12). The van der Waals surface area contributed by atoms with E-state index in [-0.39, 0.29) is 17.0 Å². The van der Waals surface area contributed by atoms with Crippen LogP contribution >= 0.6 is 24.4 Å². The van der Waals surface area contributed by atoms with Gasteiger partial charge in [-0.25, -0.2) is 4.79 Å². The third-order valence-corrected chi connectivity index (χ3v) is 3.98. The highest BCUT2D eigenvalue weighted by Crippen LogP contribution is 2.39. The maximum Gasteiger partial charge on any atom is 0.352 e. The van der Waals surface area contributed by atoms with Gasteiger partial charge in [0, 0.05) is 11.5 Å². The minimum Gasteiger partial charge on any atom is -0.477 e. The number of rotatable bonds is 2. The lowest BCUT2D eigenvalue weighted by molar-refractivity contribution is -0.146. The number of β-lactam (4-membered cyclic amide) rings is 1. The Morgan fingerprint density at radius 3 is 2.93 bits per heavy atom. The molecule has 0 aromatic rings. The summed E-state index contributed by atoms with van der Waals surface area (Å²) in [5, 5.41) is 9.02. The van der Waals surface area contributed by atoms with E-state index in [2.05, 4.69) is 12.6 Å². The second-order valence-corrected chi connectivity index (χ2v) is 4.63. The van der Waals surface area contributed by atoms with E-state index in [1.807, 2.05) is 0 Å². The number of nitrogens with zero attached hydrogens (tertiary/aromatic N) is 1. The Hall–Kier alpha value is -0.620. The lowest BCUT2D eigenvalue weighted by Gasteiger charge is -2.43. The third-order valence-electron chi connectivity index (χ3n) is 2.33. The zero-order chi connectivity index (χ0) is 10.3. The van der Waals surface area contributed by atoms with E-state index in [0.717, 1.165) is 5.57 Å². The summed E-state index contributed by atoms with van der Waals surface area (Å²) in [7, 11) is 0. The number of hydrogen-bond donors (Lipinski definition) is 2. The highest BCUT2D eigenvalue weighted by atomic mass is 32.2. The maximum atomic E-state index is 11.2. The molecule has 0 saturated carbocycles. The predicted molar refractivity (Wildman–Crippen MR) is 56.2 cm³/mol. The minimum atomic E-state index is -1.02. The molecule has 0 spiro atoms. The molecule has 0 radical (unpaired) electrons. The van der Waals surface area contributed by atoms with E-state index < -0.39 is 5.97 Å². The van der Waals surface area contributed by atoms with Gasteiger partial charge in [-0.2, -0.15) is 12.6 Å². The van der Waals surface area contributed by atoms with Gasteiger partial charge in [0.2, 0.25) is 5.91 Å². The van der Waals surface area contributed by atoms with Crippen molar-refractivity contribution >= 4 is 36.3 Å². The molecule has 1 unspecified atom stereocenters. The number of amides is 1. The smallest absolute Gasteiger partial charge is 0.352 e. The predicted octanol–water partition coefficient (Wildman–Crippen LogP) is 0.560. The molecule has 0 aromatic carbocycles. The number of carboxylic acid groups (broad SMARTS) is 1. The summed E-state index contributed by atoms with van der Waals surface area (Å²) >= 11 is 5.67. The quantitative estimate of drug-likeness (QED) is 0.538. The van der Waals surface area contributed by atoms with Gasteiger partial charge in [0.05, 0.1) is 11.8 Å². The van der Waals surface area contributed by atoms with Crippen LogP contribution in [-0.2, 0) is 9.59 Å². The highest BCUT2D eigenvalue weighted by molar-refractivity contribution is 8.00. The first-order valence-corrected chi connectivity index (χ1v) is 5.83. The molecular weight excluding hydrogens is 222 g/mol. The summed E-state index contributed by atoms with van der Waals surface area (Å²) in [4.78, 5) is 23.6. The Labute approximate surface area is 90.7 Å². The van der Waals surface area contributed by atoms with Gasteiger partial charge >= 0.3 is 5.97 Å². The molecule has 1 atom stereocenters. The van der Waals surface area contributed by atoms with Crippen LogP contribution in [0.4, 0.5) is 0 Å². The van der Waals surface area contributed by atoms with E-state index >= 15 is 0 Å². The number of aliphatic carboxylic acids is 1. The Morgan fingerprint density at radius 1 is 1.71 bits per heavy atom.